The maximum atomic E-state index is 13.6. The number of nitrogens with zero attached hydrogens (tertiary/aromatic N) is 1. The summed E-state index contributed by atoms with van der Waals surface area (Å²) in [6, 6.07) is 10.3. The van der Waals surface area contributed by atoms with Gasteiger partial charge in [0, 0.05) is 18.2 Å². The Morgan fingerprint density at radius 1 is 1.04 bits per heavy atom. The van der Waals surface area contributed by atoms with E-state index in [0.29, 0.717) is 29.4 Å². The van der Waals surface area contributed by atoms with Gasteiger partial charge in [0.05, 0.1) is 27.4 Å². The summed E-state index contributed by atoms with van der Waals surface area (Å²) in [5.41, 5.74) is 1.58. The molecule has 2 aromatic carbocycles. The Morgan fingerprint density at radius 2 is 1.74 bits per heavy atom. The van der Waals surface area contributed by atoms with E-state index in [4.69, 9.17) is 14.2 Å². The minimum atomic E-state index is -0.837. The predicted octanol–water partition coefficient (Wildman–Crippen LogP) is 3.72. The molecule has 3 rings (SSSR count). The third-order valence-electron chi connectivity index (χ3n) is 5.11. The van der Waals surface area contributed by atoms with Gasteiger partial charge >= 0.3 is 0 Å². The van der Waals surface area contributed by atoms with E-state index in [1.54, 1.807) is 20.3 Å². The van der Waals surface area contributed by atoms with Crippen LogP contribution >= 0.6 is 0 Å². The number of rotatable bonds is 7. The van der Waals surface area contributed by atoms with Crippen molar-refractivity contribution in [3.63, 3.8) is 0 Å². The number of ether oxygens (including phenoxy) is 3. The van der Waals surface area contributed by atoms with Crippen LogP contribution in [0.15, 0.2) is 36.4 Å². The SMILES string of the molecule is COc1ccc([C@@H]2CCCN2C[C@H](O)c2cc(F)ccc2OC)cc1OC. The van der Waals surface area contributed by atoms with Crippen LogP contribution in [0, 0.1) is 5.82 Å². The van der Waals surface area contributed by atoms with E-state index in [9.17, 15) is 9.50 Å². The molecule has 0 amide bonds. The van der Waals surface area contributed by atoms with Gasteiger partial charge in [-0.05, 0) is 55.3 Å². The minimum absolute atomic E-state index is 0.166. The van der Waals surface area contributed by atoms with Gasteiger partial charge in [-0.2, -0.15) is 0 Å². The number of aliphatic hydroxyl groups excluding tert-OH is 1. The zero-order chi connectivity index (χ0) is 19.4. The van der Waals surface area contributed by atoms with Crippen molar-refractivity contribution in [1.29, 1.82) is 0 Å². The molecule has 1 aliphatic rings. The Labute approximate surface area is 159 Å². The monoisotopic (exact) mass is 375 g/mol. The van der Waals surface area contributed by atoms with Gasteiger partial charge in [-0.1, -0.05) is 6.07 Å². The van der Waals surface area contributed by atoms with E-state index in [1.807, 2.05) is 18.2 Å². The molecular weight excluding hydrogens is 349 g/mol. The zero-order valence-electron chi connectivity index (χ0n) is 15.9. The van der Waals surface area contributed by atoms with Crippen LogP contribution in [0.25, 0.3) is 0 Å². The molecule has 1 N–H and O–H groups in total. The van der Waals surface area contributed by atoms with E-state index < -0.39 is 6.10 Å². The highest BCUT2D eigenvalue weighted by molar-refractivity contribution is 5.44. The summed E-state index contributed by atoms with van der Waals surface area (Å²) < 4.78 is 29.7. The van der Waals surface area contributed by atoms with Crippen LogP contribution < -0.4 is 14.2 Å². The Kier molecular flexibility index (Phi) is 6.19. The molecule has 1 fully saturated rings. The lowest BCUT2D eigenvalue weighted by atomic mass is 10.0. The van der Waals surface area contributed by atoms with Crippen molar-refractivity contribution in [2.75, 3.05) is 34.4 Å². The molecule has 1 aliphatic heterocycles. The lowest BCUT2D eigenvalue weighted by Crippen LogP contribution is -2.28. The van der Waals surface area contributed by atoms with Crippen LogP contribution in [-0.4, -0.2) is 44.4 Å². The lowest BCUT2D eigenvalue weighted by Gasteiger charge is -2.28. The summed E-state index contributed by atoms with van der Waals surface area (Å²) in [6.07, 6.45) is 1.19. The number of halogens is 1. The second kappa shape index (κ2) is 8.59. The van der Waals surface area contributed by atoms with E-state index in [2.05, 4.69) is 4.90 Å². The molecule has 6 heteroatoms. The summed E-state index contributed by atoms with van der Waals surface area (Å²) in [5.74, 6) is 1.48. The van der Waals surface area contributed by atoms with Gasteiger partial charge in [0.25, 0.3) is 0 Å². The number of methoxy groups -OCH3 is 3. The van der Waals surface area contributed by atoms with Gasteiger partial charge in [0.2, 0.25) is 0 Å². The molecule has 27 heavy (non-hydrogen) atoms. The van der Waals surface area contributed by atoms with Gasteiger partial charge < -0.3 is 19.3 Å². The van der Waals surface area contributed by atoms with Gasteiger partial charge in [-0.15, -0.1) is 0 Å². The van der Waals surface area contributed by atoms with Crippen molar-refractivity contribution >= 4 is 0 Å². The Morgan fingerprint density at radius 3 is 2.44 bits per heavy atom. The molecule has 146 valence electrons. The molecule has 0 unspecified atom stereocenters. The standard InChI is InChI=1S/C21H26FNO4/c1-25-19-9-7-15(22)12-16(19)18(24)13-23-10-4-5-17(23)14-6-8-20(26-2)21(11-14)27-3/h6-9,11-12,17-18,24H,4-5,10,13H2,1-3H3/t17-,18-/m0/s1. The van der Waals surface area contributed by atoms with Crippen molar-refractivity contribution in [1.82, 2.24) is 4.90 Å². The average Bonchev–Trinajstić information content (AvgIpc) is 3.15. The predicted molar refractivity (Wildman–Crippen MR) is 101 cm³/mol. The van der Waals surface area contributed by atoms with Gasteiger partial charge in [-0.3, -0.25) is 4.90 Å². The second-order valence-corrected chi connectivity index (χ2v) is 6.67. The number of likely N-dealkylation sites (tertiary alicyclic amines) is 1. The molecule has 2 aromatic rings. The molecule has 0 radical (unpaired) electrons. The maximum absolute atomic E-state index is 13.6. The topological polar surface area (TPSA) is 51.2 Å². The van der Waals surface area contributed by atoms with Gasteiger partial charge in [0.1, 0.15) is 11.6 Å². The van der Waals surface area contributed by atoms with Crippen LogP contribution in [0.2, 0.25) is 0 Å². The molecular formula is C21H26FNO4. The average molecular weight is 375 g/mol. The van der Waals surface area contributed by atoms with E-state index in [1.165, 1.54) is 19.2 Å². The number of hydrogen-bond donors (Lipinski definition) is 1. The second-order valence-electron chi connectivity index (χ2n) is 6.67. The Balaban J connectivity index is 1.80. The summed E-state index contributed by atoms with van der Waals surface area (Å²) in [5, 5.41) is 10.7. The Hall–Kier alpha value is -2.31. The first kappa shape index (κ1) is 19.5. The molecule has 2 atom stereocenters. The fourth-order valence-electron chi connectivity index (χ4n) is 3.77. The number of aliphatic hydroxyl groups is 1. The highest BCUT2D eigenvalue weighted by Crippen LogP contribution is 2.38. The van der Waals surface area contributed by atoms with Crippen LogP contribution in [0.3, 0.4) is 0 Å². The highest BCUT2D eigenvalue weighted by Gasteiger charge is 2.29. The maximum Gasteiger partial charge on any atom is 0.161 e. The minimum Gasteiger partial charge on any atom is -0.496 e. The fraction of sp³-hybridized carbons (Fsp3) is 0.429. The summed E-state index contributed by atoms with van der Waals surface area (Å²) >= 11 is 0. The summed E-state index contributed by atoms with van der Waals surface area (Å²) in [4.78, 5) is 2.22. The highest BCUT2D eigenvalue weighted by atomic mass is 19.1. The molecule has 1 saturated heterocycles. The molecule has 5 nitrogen and oxygen atoms in total. The van der Waals surface area contributed by atoms with Crippen molar-refractivity contribution in [3.05, 3.63) is 53.3 Å². The van der Waals surface area contributed by atoms with Crippen molar-refractivity contribution in [3.8, 4) is 17.2 Å². The smallest absolute Gasteiger partial charge is 0.161 e. The summed E-state index contributed by atoms with van der Waals surface area (Å²) in [7, 11) is 4.75. The molecule has 0 aliphatic carbocycles. The first-order chi connectivity index (χ1) is 13.1. The quantitative estimate of drug-likeness (QED) is 0.799. The molecule has 0 aromatic heterocycles. The number of hydrogen-bond acceptors (Lipinski definition) is 5. The molecule has 0 bridgehead atoms. The van der Waals surface area contributed by atoms with Crippen LogP contribution in [0.4, 0.5) is 4.39 Å². The van der Waals surface area contributed by atoms with Crippen molar-refractivity contribution in [2.45, 2.75) is 25.0 Å². The first-order valence-electron chi connectivity index (χ1n) is 9.04. The molecule has 1 heterocycles. The third-order valence-corrected chi connectivity index (χ3v) is 5.11. The van der Waals surface area contributed by atoms with Crippen molar-refractivity contribution < 1.29 is 23.7 Å². The molecule has 0 spiro atoms. The van der Waals surface area contributed by atoms with E-state index in [-0.39, 0.29) is 11.9 Å². The lowest BCUT2D eigenvalue weighted by molar-refractivity contribution is 0.103. The van der Waals surface area contributed by atoms with Crippen LogP contribution in [0.5, 0.6) is 17.2 Å². The van der Waals surface area contributed by atoms with Crippen molar-refractivity contribution in [2.24, 2.45) is 0 Å². The van der Waals surface area contributed by atoms with Gasteiger partial charge in [-0.25, -0.2) is 4.39 Å². The van der Waals surface area contributed by atoms with Crippen LogP contribution in [0.1, 0.15) is 36.1 Å². The van der Waals surface area contributed by atoms with E-state index in [0.717, 1.165) is 24.9 Å². The van der Waals surface area contributed by atoms with E-state index >= 15 is 0 Å². The largest absolute Gasteiger partial charge is 0.496 e. The zero-order valence-corrected chi connectivity index (χ0v) is 15.9. The number of benzene rings is 2. The normalized spacial score (nSPS) is 18.3. The summed E-state index contributed by atoms with van der Waals surface area (Å²) in [6.45, 7) is 1.27. The first-order valence-corrected chi connectivity index (χ1v) is 9.04. The third kappa shape index (κ3) is 4.17. The molecule has 0 saturated carbocycles. The van der Waals surface area contributed by atoms with Crippen LogP contribution in [-0.2, 0) is 0 Å². The number of β-amino-alcohol motifs (C(OH)–C–C–N with tert-alkyl or cyclic N) is 1. The fourth-order valence-corrected chi connectivity index (χ4v) is 3.77. The Bertz CT molecular complexity index is 783. The van der Waals surface area contributed by atoms with Gasteiger partial charge in [0.15, 0.2) is 11.5 Å².